The normalized spacial score (nSPS) is 35.3. The standard InChI is InChI=1S/C13H19ClN2S/c1-16(7-10-2-3-12(14)17-10)13(8-15)5-4-9-6-11(9)13/h2-3,9,11H,4-8,15H2,1H3. The molecule has 0 aromatic carbocycles. The van der Waals surface area contributed by atoms with Crippen molar-refractivity contribution in [2.75, 3.05) is 13.6 Å². The summed E-state index contributed by atoms with van der Waals surface area (Å²) in [5, 5.41) is 0. The molecule has 0 spiro atoms. The van der Waals surface area contributed by atoms with Crippen LogP contribution in [0.25, 0.3) is 0 Å². The van der Waals surface area contributed by atoms with Crippen molar-refractivity contribution in [2.24, 2.45) is 17.6 Å². The average Bonchev–Trinajstić information content (AvgIpc) is 2.84. The summed E-state index contributed by atoms with van der Waals surface area (Å²) in [5.41, 5.74) is 6.35. The molecule has 0 amide bonds. The maximum atomic E-state index is 6.08. The van der Waals surface area contributed by atoms with Gasteiger partial charge in [-0.25, -0.2) is 0 Å². The van der Waals surface area contributed by atoms with E-state index >= 15 is 0 Å². The first-order valence-corrected chi connectivity index (χ1v) is 7.51. The lowest BCUT2D eigenvalue weighted by Gasteiger charge is -2.39. The third-order valence-electron chi connectivity index (χ3n) is 4.70. The summed E-state index contributed by atoms with van der Waals surface area (Å²) in [7, 11) is 2.22. The minimum atomic E-state index is 0.265. The summed E-state index contributed by atoms with van der Waals surface area (Å²) >= 11 is 7.67. The smallest absolute Gasteiger partial charge is 0.0931 e. The highest BCUT2D eigenvalue weighted by molar-refractivity contribution is 7.16. The minimum Gasteiger partial charge on any atom is -0.329 e. The molecule has 2 fully saturated rings. The predicted molar refractivity (Wildman–Crippen MR) is 73.4 cm³/mol. The molecule has 0 saturated heterocycles. The molecule has 2 N–H and O–H groups in total. The molecule has 2 aliphatic carbocycles. The van der Waals surface area contributed by atoms with Gasteiger partial charge in [-0.1, -0.05) is 11.6 Å². The lowest BCUT2D eigenvalue weighted by molar-refractivity contribution is 0.102. The topological polar surface area (TPSA) is 29.3 Å². The van der Waals surface area contributed by atoms with E-state index in [9.17, 15) is 0 Å². The fraction of sp³-hybridized carbons (Fsp3) is 0.692. The highest BCUT2D eigenvalue weighted by Crippen LogP contribution is 2.59. The Balaban J connectivity index is 1.74. The Morgan fingerprint density at radius 2 is 2.41 bits per heavy atom. The number of hydrogen-bond acceptors (Lipinski definition) is 3. The Morgan fingerprint density at radius 1 is 1.59 bits per heavy atom. The van der Waals surface area contributed by atoms with Crippen LogP contribution in [0.4, 0.5) is 0 Å². The van der Waals surface area contributed by atoms with Gasteiger partial charge in [0.1, 0.15) is 0 Å². The molecule has 2 nitrogen and oxygen atoms in total. The van der Waals surface area contributed by atoms with Crippen LogP contribution in [-0.4, -0.2) is 24.0 Å². The van der Waals surface area contributed by atoms with Gasteiger partial charge in [-0.3, -0.25) is 4.90 Å². The van der Waals surface area contributed by atoms with Crippen molar-refractivity contribution in [3.8, 4) is 0 Å². The van der Waals surface area contributed by atoms with Gasteiger partial charge >= 0.3 is 0 Å². The fourth-order valence-corrected chi connectivity index (χ4v) is 4.70. The second-order valence-corrected chi connectivity index (χ2v) is 7.31. The van der Waals surface area contributed by atoms with Gasteiger partial charge in [-0.2, -0.15) is 0 Å². The largest absolute Gasteiger partial charge is 0.329 e. The van der Waals surface area contributed by atoms with Gasteiger partial charge < -0.3 is 5.73 Å². The van der Waals surface area contributed by atoms with E-state index in [1.807, 2.05) is 6.07 Å². The third kappa shape index (κ3) is 1.93. The van der Waals surface area contributed by atoms with E-state index in [1.165, 1.54) is 24.1 Å². The predicted octanol–water partition coefficient (Wildman–Crippen LogP) is 2.96. The van der Waals surface area contributed by atoms with Crippen molar-refractivity contribution >= 4 is 22.9 Å². The molecule has 3 rings (SSSR count). The molecule has 0 radical (unpaired) electrons. The zero-order valence-corrected chi connectivity index (χ0v) is 11.7. The van der Waals surface area contributed by atoms with Crippen LogP contribution in [0.5, 0.6) is 0 Å². The van der Waals surface area contributed by atoms with Gasteiger partial charge in [0.15, 0.2) is 0 Å². The van der Waals surface area contributed by atoms with Crippen LogP contribution in [0.15, 0.2) is 12.1 Å². The summed E-state index contributed by atoms with van der Waals surface area (Å²) in [4.78, 5) is 3.82. The molecule has 0 bridgehead atoms. The Kier molecular flexibility index (Phi) is 2.98. The minimum absolute atomic E-state index is 0.265. The quantitative estimate of drug-likeness (QED) is 0.912. The summed E-state index contributed by atoms with van der Waals surface area (Å²) < 4.78 is 0.880. The number of fused-ring (bicyclic) bond motifs is 1. The van der Waals surface area contributed by atoms with Gasteiger partial charge in [-0.05, 0) is 50.3 Å². The number of likely N-dealkylation sites (N-methyl/N-ethyl adjacent to an activating group) is 1. The first kappa shape index (κ1) is 12.0. The van der Waals surface area contributed by atoms with Crippen LogP contribution in [0.1, 0.15) is 24.1 Å². The molecule has 1 heterocycles. The van der Waals surface area contributed by atoms with E-state index in [0.717, 1.165) is 29.3 Å². The van der Waals surface area contributed by atoms with Crippen LogP contribution >= 0.6 is 22.9 Å². The second kappa shape index (κ2) is 4.23. The van der Waals surface area contributed by atoms with Gasteiger partial charge in [0.05, 0.1) is 4.34 Å². The second-order valence-electron chi connectivity index (χ2n) is 5.51. The highest BCUT2D eigenvalue weighted by Gasteiger charge is 2.58. The van der Waals surface area contributed by atoms with Crippen LogP contribution in [-0.2, 0) is 6.54 Å². The Labute approximate surface area is 112 Å². The van der Waals surface area contributed by atoms with Crippen molar-refractivity contribution in [1.29, 1.82) is 0 Å². The Bertz CT molecular complexity index is 419. The molecule has 3 atom stereocenters. The monoisotopic (exact) mass is 270 g/mol. The first-order valence-electron chi connectivity index (χ1n) is 6.31. The summed E-state index contributed by atoms with van der Waals surface area (Å²) in [6.07, 6.45) is 4.04. The molecule has 1 aromatic heterocycles. The average molecular weight is 271 g/mol. The van der Waals surface area contributed by atoms with E-state index < -0.39 is 0 Å². The van der Waals surface area contributed by atoms with Crippen LogP contribution in [0, 0.1) is 11.8 Å². The van der Waals surface area contributed by atoms with E-state index in [-0.39, 0.29) is 5.54 Å². The molecular weight excluding hydrogens is 252 g/mol. The van der Waals surface area contributed by atoms with Crippen molar-refractivity contribution in [3.63, 3.8) is 0 Å². The lowest BCUT2D eigenvalue weighted by Crippen LogP contribution is -2.52. The van der Waals surface area contributed by atoms with Crippen LogP contribution in [0.3, 0.4) is 0 Å². The molecule has 4 heteroatoms. The number of thiophene rings is 1. The summed E-state index contributed by atoms with van der Waals surface area (Å²) in [5.74, 6) is 1.82. The van der Waals surface area contributed by atoms with Crippen molar-refractivity contribution in [3.05, 3.63) is 21.3 Å². The zero-order valence-electron chi connectivity index (χ0n) is 10.2. The van der Waals surface area contributed by atoms with E-state index in [1.54, 1.807) is 11.3 Å². The molecular formula is C13H19ClN2S. The molecule has 1 aromatic rings. The molecule has 2 aliphatic rings. The maximum Gasteiger partial charge on any atom is 0.0931 e. The van der Waals surface area contributed by atoms with E-state index in [0.29, 0.717) is 0 Å². The zero-order chi connectivity index (χ0) is 12.0. The molecule has 3 unspecified atom stereocenters. The molecule has 17 heavy (non-hydrogen) atoms. The highest BCUT2D eigenvalue weighted by atomic mass is 35.5. The SMILES string of the molecule is CN(Cc1ccc(Cl)s1)C1(CN)CCC2CC21. The maximum absolute atomic E-state index is 6.08. The van der Waals surface area contributed by atoms with Crippen molar-refractivity contribution < 1.29 is 0 Å². The third-order valence-corrected chi connectivity index (χ3v) is 5.91. The number of hydrogen-bond donors (Lipinski definition) is 1. The fourth-order valence-electron chi connectivity index (χ4n) is 3.56. The van der Waals surface area contributed by atoms with Gasteiger partial charge in [-0.15, -0.1) is 11.3 Å². The van der Waals surface area contributed by atoms with Crippen LogP contribution < -0.4 is 5.73 Å². The van der Waals surface area contributed by atoms with Crippen molar-refractivity contribution in [2.45, 2.75) is 31.3 Å². The number of nitrogens with zero attached hydrogens (tertiary/aromatic N) is 1. The molecule has 94 valence electrons. The van der Waals surface area contributed by atoms with E-state index in [2.05, 4.69) is 18.0 Å². The summed E-state index contributed by atoms with van der Waals surface area (Å²) in [6.45, 7) is 1.78. The Morgan fingerprint density at radius 3 is 2.88 bits per heavy atom. The van der Waals surface area contributed by atoms with Gasteiger partial charge in [0.25, 0.3) is 0 Å². The van der Waals surface area contributed by atoms with E-state index in [4.69, 9.17) is 17.3 Å². The lowest BCUT2D eigenvalue weighted by atomic mass is 9.91. The Hall–Kier alpha value is -0.0900. The van der Waals surface area contributed by atoms with Gasteiger partial charge in [0.2, 0.25) is 0 Å². The number of nitrogens with two attached hydrogens (primary N) is 1. The summed E-state index contributed by atoms with van der Waals surface area (Å²) in [6, 6.07) is 4.12. The molecule has 2 saturated carbocycles. The molecule has 0 aliphatic heterocycles. The first-order chi connectivity index (χ1) is 8.15. The van der Waals surface area contributed by atoms with Crippen LogP contribution in [0.2, 0.25) is 4.34 Å². The van der Waals surface area contributed by atoms with Gasteiger partial charge in [0, 0.05) is 23.5 Å². The number of halogens is 1. The van der Waals surface area contributed by atoms with Crippen molar-refractivity contribution in [1.82, 2.24) is 4.90 Å². The number of rotatable bonds is 4.